The van der Waals surface area contributed by atoms with Crippen molar-refractivity contribution in [3.05, 3.63) is 17.5 Å². The lowest BCUT2D eigenvalue weighted by atomic mass is 9.93. The van der Waals surface area contributed by atoms with Crippen molar-refractivity contribution in [3.63, 3.8) is 0 Å². The van der Waals surface area contributed by atoms with E-state index >= 15 is 0 Å². The topological polar surface area (TPSA) is 110 Å². The number of hydrogen-bond donors (Lipinski definition) is 3. The summed E-state index contributed by atoms with van der Waals surface area (Å²) < 4.78 is 5.18. The summed E-state index contributed by atoms with van der Waals surface area (Å²) in [4.78, 5) is 23.7. The van der Waals surface area contributed by atoms with Crippen LogP contribution in [0.5, 0.6) is 0 Å². The average Bonchev–Trinajstić information content (AvgIpc) is 3.20. The predicted octanol–water partition coefficient (Wildman–Crippen LogP) is 1.16. The maximum Gasteiger partial charge on any atom is 0.273 e. The third kappa shape index (κ3) is 5.67. The monoisotopic (exact) mass is 322 g/mol. The Kier molecular flexibility index (Phi) is 5.41. The highest BCUT2D eigenvalue weighted by atomic mass is 16.5. The van der Waals surface area contributed by atoms with Crippen molar-refractivity contribution < 1.29 is 14.1 Å². The number of carbonyl (C=O) groups is 2. The molecule has 0 bridgehead atoms. The molecule has 7 nitrogen and oxygen atoms in total. The molecule has 0 aromatic carbocycles. The zero-order valence-corrected chi connectivity index (χ0v) is 14.0. The molecule has 0 aliphatic heterocycles. The van der Waals surface area contributed by atoms with Crippen LogP contribution in [-0.2, 0) is 4.79 Å². The number of hydrogen-bond acceptors (Lipinski definition) is 5. The lowest BCUT2D eigenvalue weighted by molar-refractivity contribution is -0.121. The van der Waals surface area contributed by atoms with Crippen molar-refractivity contribution in [1.29, 1.82) is 0 Å². The Hall–Kier alpha value is -1.89. The van der Waals surface area contributed by atoms with Gasteiger partial charge in [-0.1, -0.05) is 19.0 Å². The summed E-state index contributed by atoms with van der Waals surface area (Å²) >= 11 is 0. The fraction of sp³-hybridized carbons (Fsp3) is 0.688. The van der Waals surface area contributed by atoms with Crippen molar-refractivity contribution >= 4 is 11.8 Å². The summed E-state index contributed by atoms with van der Waals surface area (Å²) in [6.45, 7) is 6.62. The van der Waals surface area contributed by atoms with E-state index in [1.165, 1.54) is 0 Å². The summed E-state index contributed by atoms with van der Waals surface area (Å²) in [5, 5.41) is 9.49. The molecule has 2 amide bonds. The number of nitrogens with two attached hydrogens (primary N) is 1. The number of carbonyl (C=O) groups excluding carboxylic acids is 2. The van der Waals surface area contributed by atoms with E-state index in [2.05, 4.69) is 15.8 Å². The minimum absolute atomic E-state index is 0.0787. The molecule has 1 atom stereocenters. The maximum atomic E-state index is 12.1. The Balaban J connectivity index is 1.76. The van der Waals surface area contributed by atoms with Gasteiger partial charge >= 0.3 is 0 Å². The number of rotatable bonds is 8. The molecule has 1 heterocycles. The molecule has 23 heavy (non-hydrogen) atoms. The fourth-order valence-corrected chi connectivity index (χ4v) is 2.13. The zero-order valence-electron chi connectivity index (χ0n) is 14.0. The van der Waals surface area contributed by atoms with Crippen LogP contribution in [0.1, 0.15) is 62.2 Å². The van der Waals surface area contributed by atoms with Gasteiger partial charge in [-0.3, -0.25) is 9.59 Å². The van der Waals surface area contributed by atoms with Crippen LogP contribution in [0.25, 0.3) is 0 Å². The minimum Gasteiger partial charge on any atom is -0.360 e. The summed E-state index contributed by atoms with van der Waals surface area (Å²) in [6.07, 6.45) is 2.50. The first-order valence-electron chi connectivity index (χ1n) is 8.04. The van der Waals surface area contributed by atoms with Gasteiger partial charge in [0, 0.05) is 37.5 Å². The molecule has 0 saturated heterocycles. The first-order chi connectivity index (χ1) is 10.8. The van der Waals surface area contributed by atoms with Gasteiger partial charge in [-0.15, -0.1) is 0 Å². The van der Waals surface area contributed by atoms with Crippen LogP contribution < -0.4 is 16.4 Å². The van der Waals surface area contributed by atoms with E-state index in [-0.39, 0.29) is 23.3 Å². The van der Waals surface area contributed by atoms with Gasteiger partial charge in [-0.2, -0.15) is 0 Å². The largest absolute Gasteiger partial charge is 0.360 e. The Bertz CT molecular complexity index is 561. The van der Waals surface area contributed by atoms with Crippen molar-refractivity contribution in [2.75, 3.05) is 13.1 Å². The van der Waals surface area contributed by atoms with Gasteiger partial charge in [0.1, 0.15) is 5.76 Å². The molecular weight excluding hydrogens is 296 g/mol. The van der Waals surface area contributed by atoms with E-state index in [1.807, 2.05) is 13.8 Å². The van der Waals surface area contributed by atoms with Gasteiger partial charge in [-0.05, 0) is 25.2 Å². The molecule has 1 aliphatic carbocycles. The number of aromatic nitrogens is 1. The Morgan fingerprint density at radius 1 is 1.39 bits per heavy atom. The minimum atomic E-state index is -0.272. The molecule has 7 heteroatoms. The third-order valence-corrected chi connectivity index (χ3v) is 3.74. The van der Waals surface area contributed by atoms with E-state index < -0.39 is 0 Å². The second-order valence-corrected chi connectivity index (χ2v) is 7.19. The highest BCUT2D eigenvalue weighted by molar-refractivity contribution is 5.92. The molecule has 128 valence electrons. The third-order valence-electron chi connectivity index (χ3n) is 3.74. The highest BCUT2D eigenvalue weighted by Gasteiger charge is 2.29. The predicted molar refractivity (Wildman–Crippen MR) is 85.9 cm³/mol. The van der Waals surface area contributed by atoms with Crippen LogP contribution in [0.2, 0.25) is 0 Å². The molecule has 1 fully saturated rings. The molecule has 0 spiro atoms. The van der Waals surface area contributed by atoms with E-state index in [4.69, 9.17) is 10.3 Å². The first-order valence-corrected chi connectivity index (χ1v) is 8.04. The fourth-order valence-electron chi connectivity index (χ4n) is 2.13. The molecule has 0 radical (unpaired) electrons. The van der Waals surface area contributed by atoms with Crippen LogP contribution in [0, 0.1) is 5.41 Å². The SMILES string of the molecule is C[C@@H](N)CC(=O)NCC(C)(C)CNC(=O)c1cc(C2CC2)on1. The molecule has 1 aliphatic rings. The summed E-state index contributed by atoms with van der Waals surface area (Å²) in [5.74, 6) is 0.888. The van der Waals surface area contributed by atoms with Gasteiger partial charge < -0.3 is 20.9 Å². The Morgan fingerprint density at radius 2 is 2.04 bits per heavy atom. The lowest BCUT2D eigenvalue weighted by Gasteiger charge is -2.25. The molecule has 4 N–H and O–H groups in total. The smallest absolute Gasteiger partial charge is 0.273 e. The Morgan fingerprint density at radius 3 is 2.65 bits per heavy atom. The zero-order chi connectivity index (χ0) is 17.0. The molecule has 1 saturated carbocycles. The van der Waals surface area contributed by atoms with Crippen LogP contribution >= 0.6 is 0 Å². The molecule has 1 aromatic rings. The average molecular weight is 322 g/mol. The Labute approximate surface area is 136 Å². The van der Waals surface area contributed by atoms with Crippen LogP contribution in [0.4, 0.5) is 0 Å². The van der Waals surface area contributed by atoms with Gasteiger partial charge in [0.15, 0.2) is 5.69 Å². The second-order valence-electron chi connectivity index (χ2n) is 7.19. The number of nitrogens with one attached hydrogen (secondary N) is 2. The standard InChI is InChI=1S/C16H26N4O3/c1-10(17)6-14(21)18-8-16(2,3)9-19-15(22)12-7-13(23-20-12)11-4-5-11/h7,10-11H,4-6,8-9,17H2,1-3H3,(H,18,21)(H,19,22)/t10-/m1/s1. The number of nitrogens with zero attached hydrogens (tertiary/aromatic N) is 1. The van der Waals surface area contributed by atoms with Crippen molar-refractivity contribution in [2.24, 2.45) is 11.1 Å². The van der Waals surface area contributed by atoms with Crippen molar-refractivity contribution in [3.8, 4) is 0 Å². The van der Waals surface area contributed by atoms with Gasteiger partial charge in [0.2, 0.25) is 5.91 Å². The van der Waals surface area contributed by atoms with Crippen LogP contribution in [0.15, 0.2) is 10.6 Å². The summed E-state index contributed by atoms with van der Waals surface area (Å²) in [7, 11) is 0. The first kappa shape index (κ1) is 17.5. The van der Waals surface area contributed by atoms with E-state index in [0.29, 0.717) is 31.1 Å². The van der Waals surface area contributed by atoms with Crippen molar-refractivity contribution in [1.82, 2.24) is 15.8 Å². The normalized spacial score (nSPS) is 16.0. The maximum absolute atomic E-state index is 12.1. The van der Waals surface area contributed by atoms with Crippen LogP contribution in [-0.4, -0.2) is 36.1 Å². The van der Waals surface area contributed by atoms with Gasteiger partial charge in [0.25, 0.3) is 5.91 Å². The van der Waals surface area contributed by atoms with E-state index in [1.54, 1.807) is 13.0 Å². The van der Waals surface area contributed by atoms with Crippen LogP contribution in [0.3, 0.4) is 0 Å². The van der Waals surface area contributed by atoms with Gasteiger partial charge in [0.05, 0.1) is 0 Å². The molecule has 0 unspecified atom stereocenters. The van der Waals surface area contributed by atoms with E-state index in [0.717, 1.165) is 18.6 Å². The quantitative estimate of drug-likeness (QED) is 0.665. The number of amides is 2. The highest BCUT2D eigenvalue weighted by Crippen LogP contribution is 2.40. The summed E-state index contributed by atoms with van der Waals surface area (Å²) in [6, 6.07) is 1.55. The molecule has 2 rings (SSSR count). The van der Waals surface area contributed by atoms with Gasteiger partial charge in [-0.25, -0.2) is 0 Å². The molecular formula is C16H26N4O3. The second kappa shape index (κ2) is 7.12. The summed E-state index contributed by atoms with van der Waals surface area (Å²) in [5.41, 5.74) is 5.63. The van der Waals surface area contributed by atoms with E-state index in [9.17, 15) is 9.59 Å². The lowest BCUT2D eigenvalue weighted by Crippen LogP contribution is -2.43. The van der Waals surface area contributed by atoms with Crippen molar-refractivity contribution in [2.45, 2.75) is 52.0 Å². The molecule has 1 aromatic heterocycles.